The van der Waals surface area contributed by atoms with Crippen LogP contribution in [-0.2, 0) is 24.7 Å². The lowest BCUT2D eigenvalue weighted by Gasteiger charge is -2.02. The van der Waals surface area contributed by atoms with Gasteiger partial charge in [0.2, 0.25) is 5.91 Å². The Balaban J connectivity index is 1.64. The fraction of sp³-hybridized carbons (Fsp3) is 0.250. The van der Waals surface area contributed by atoms with Gasteiger partial charge in [0.15, 0.2) is 0 Å². The normalized spacial score (nSPS) is 10.7. The maximum atomic E-state index is 12.0. The zero-order chi connectivity index (χ0) is 16.2. The van der Waals surface area contributed by atoms with E-state index < -0.39 is 0 Å². The first-order chi connectivity index (χ1) is 11.2. The molecule has 23 heavy (non-hydrogen) atoms. The summed E-state index contributed by atoms with van der Waals surface area (Å²) in [6, 6.07) is 9.79. The third kappa shape index (κ3) is 3.45. The van der Waals surface area contributed by atoms with Crippen molar-refractivity contribution < 1.29 is 9.21 Å². The van der Waals surface area contributed by atoms with Crippen LogP contribution in [0.25, 0.3) is 11.6 Å². The Hall–Kier alpha value is -2.96. The van der Waals surface area contributed by atoms with Crippen molar-refractivity contribution in [1.29, 1.82) is 0 Å². The molecule has 0 aliphatic carbocycles. The molecule has 0 spiro atoms. The van der Waals surface area contributed by atoms with Gasteiger partial charge in [-0.25, -0.2) is 0 Å². The number of carbonyl (C=O) groups excluding carboxylic acids is 1. The number of hydrogen-bond donors (Lipinski definition) is 1. The molecule has 0 saturated carbocycles. The van der Waals surface area contributed by atoms with Crippen LogP contribution in [0.4, 0.5) is 6.01 Å². The number of amides is 1. The topological polar surface area (TPSA) is 85.8 Å². The number of aromatic nitrogens is 4. The average Bonchev–Trinajstić information content (AvgIpc) is 3.16. The predicted octanol–water partition coefficient (Wildman–Crippen LogP) is 2.21. The number of hydrogen-bond acceptors (Lipinski definition) is 5. The Morgan fingerprint density at radius 3 is 2.57 bits per heavy atom. The zero-order valence-corrected chi connectivity index (χ0v) is 13.0. The summed E-state index contributed by atoms with van der Waals surface area (Å²) in [4.78, 5) is 12.0. The van der Waals surface area contributed by atoms with Crippen molar-refractivity contribution in [2.75, 3.05) is 5.32 Å². The predicted molar refractivity (Wildman–Crippen MR) is 84.7 cm³/mol. The van der Waals surface area contributed by atoms with Gasteiger partial charge >= 0.3 is 6.01 Å². The van der Waals surface area contributed by atoms with E-state index in [4.69, 9.17) is 4.42 Å². The van der Waals surface area contributed by atoms with Crippen LogP contribution in [0.2, 0.25) is 0 Å². The third-order valence-corrected chi connectivity index (χ3v) is 3.51. The van der Waals surface area contributed by atoms with Gasteiger partial charge in [0, 0.05) is 13.2 Å². The van der Waals surface area contributed by atoms with Crippen LogP contribution < -0.4 is 5.32 Å². The van der Waals surface area contributed by atoms with E-state index >= 15 is 0 Å². The van der Waals surface area contributed by atoms with Crippen molar-refractivity contribution in [3.8, 4) is 11.6 Å². The summed E-state index contributed by atoms with van der Waals surface area (Å²) in [5, 5.41) is 14.4. The highest BCUT2D eigenvalue weighted by molar-refractivity contribution is 5.90. The Morgan fingerprint density at radius 1 is 1.17 bits per heavy atom. The summed E-state index contributed by atoms with van der Waals surface area (Å²) >= 11 is 0. The summed E-state index contributed by atoms with van der Waals surface area (Å²) in [7, 11) is 1.78. The van der Waals surface area contributed by atoms with Crippen molar-refractivity contribution in [3.05, 3.63) is 47.7 Å². The highest BCUT2D eigenvalue weighted by Gasteiger charge is 2.13. The maximum absolute atomic E-state index is 12.0. The number of rotatable bonds is 5. The number of aryl methyl sites for hydroxylation is 2. The molecule has 0 bridgehead atoms. The molecule has 0 aliphatic heterocycles. The first-order valence-corrected chi connectivity index (χ1v) is 7.35. The lowest BCUT2D eigenvalue weighted by Crippen LogP contribution is -2.14. The number of nitrogens with zero attached hydrogens (tertiary/aromatic N) is 4. The molecule has 0 unspecified atom stereocenters. The molecule has 2 aromatic heterocycles. The summed E-state index contributed by atoms with van der Waals surface area (Å²) < 4.78 is 7.06. The third-order valence-electron chi connectivity index (χ3n) is 3.51. The molecule has 0 radical (unpaired) electrons. The standard InChI is InChI=1S/C16H17N5O2/c1-3-11-4-6-12(7-5-11)10-14(22)18-16-20-19-15(23-16)13-8-9-17-21(13)2/h4-9H,3,10H2,1-2H3,(H,18,20,22). The molecular weight excluding hydrogens is 294 g/mol. The largest absolute Gasteiger partial charge is 0.401 e. The van der Waals surface area contributed by atoms with E-state index in [9.17, 15) is 4.79 Å². The second-order valence-corrected chi connectivity index (χ2v) is 5.15. The van der Waals surface area contributed by atoms with Gasteiger partial charge in [0.25, 0.3) is 5.89 Å². The summed E-state index contributed by atoms with van der Waals surface area (Å²) in [6.07, 6.45) is 2.87. The van der Waals surface area contributed by atoms with Crippen LogP contribution >= 0.6 is 0 Å². The minimum Gasteiger partial charge on any atom is -0.401 e. The maximum Gasteiger partial charge on any atom is 0.322 e. The van der Waals surface area contributed by atoms with Gasteiger partial charge in [-0.1, -0.05) is 36.3 Å². The van der Waals surface area contributed by atoms with Crippen molar-refractivity contribution >= 4 is 11.9 Å². The van der Waals surface area contributed by atoms with E-state index in [0.29, 0.717) is 11.6 Å². The molecular formula is C16H17N5O2. The highest BCUT2D eigenvalue weighted by Crippen LogP contribution is 2.18. The number of nitrogens with one attached hydrogen (secondary N) is 1. The van der Waals surface area contributed by atoms with Crippen molar-refractivity contribution in [3.63, 3.8) is 0 Å². The molecule has 7 nitrogen and oxygen atoms in total. The molecule has 2 heterocycles. The molecule has 1 N–H and O–H groups in total. The van der Waals surface area contributed by atoms with Crippen molar-refractivity contribution in [2.45, 2.75) is 19.8 Å². The molecule has 0 aliphatic rings. The SMILES string of the molecule is CCc1ccc(CC(=O)Nc2nnc(-c3ccnn3C)o2)cc1. The second-order valence-electron chi connectivity index (χ2n) is 5.15. The minimum absolute atomic E-state index is 0.0800. The second kappa shape index (κ2) is 6.43. The van der Waals surface area contributed by atoms with E-state index in [1.54, 1.807) is 24.0 Å². The molecule has 0 atom stereocenters. The van der Waals surface area contributed by atoms with Gasteiger partial charge in [-0.05, 0) is 23.6 Å². The van der Waals surface area contributed by atoms with Crippen LogP contribution in [0, 0.1) is 0 Å². The lowest BCUT2D eigenvalue weighted by atomic mass is 10.1. The Morgan fingerprint density at radius 2 is 1.91 bits per heavy atom. The summed E-state index contributed by atoms with van der Waals surface area (Å²) in [6.45, 7) is 2.09. The number of carbonyl (C=O) groups is 1. The van der Waals surface area contributed by atoms with E-state index in [1.807, 2.05) is 24.3 Å². The molecule has 3 rings (SSSR count). The van der Waals surface area contributed by atoms with Crippen LogP contribution in [0.15, 0.2) is 40.9 Å². The van der Waals surface area contributed by atoms with E-state index in [2.05, 4.69) is 27.5 Å². The Bertz CT molecular complexity index is 804. The quantitative estimate of drug-likeness (QED) is 0.780. The minimum atomic E-state index is -0.200. The first-order valence-electron chi connectivity index (χ1n) is 7.35. The van der Waals surface area contributed by atoms with Crippen LogP contribution in [0.3, 0.4) is 0 Å². The molecule has 7 heteroatoms. The summed E-state index contributed by atoms with van der Waals surface area (Å²) in [5.74, 6) is 0.113. The molecule has 118 valence electrons. The van der Waals surface area contributed by atoms with Gasteiger partial charge in [0.05, 0.1) is 6.42 Å². The monoisotopic (exact) mass is 311 g/mol. The fourth-order valence-corrected chi connectivity index (χ4v) is 2.20. The van der Waals surface area contributed by atoms with Gasteiger partial charge < -0.3 is 4.42 Å². The van der Waals surface area contributed by atoms with Gasteiger partial charge in [-0.3, -0.25) is 14.8 Å². The molecule has 1 amide bonds. The van der Waals surface area contributed by atoms with E-state index in [0.717, 1.165) is 12.0 Å². The average molecular weight is 311 g/mol. The van der Waals surface area contributed by atoms with E-state index in [1.165, 1.54) is 5.56 Å². The molecule has 0 fully saturated rings. The molecule has 1 aromatic carbocycles. The highest BCUT2D eigenvalue weighted by atomic mass is 16.4. The van der Waals surface area contributed by atoms with Crippen LogP contribution in [0.5, 0.6) is 0 Å². The van der Waals surface area contributed by atoms with Crippen molar-refractivity contribution in [2.24, 2.45) is 7.05 Å². The molecule has 0 saturated heterocycles. The Labute approximate surface area is 133 Å². The number of benzene rings is 1. The lowest BCUT2D eigenvalue weighted by molar-refractivity contribution is -0.115. The van der Waals surface area contributed by atoms with Crippen molar-refractivity contribution in [1.82, 2.24) is 20.0 Å². The van der Waals surface area contributed by atoms with Gasteiger partial charge in [-0.2, -0.15) is 5.10 Å². The number of anilines is 1. The fourth-order valence-electron chi connectivity index (χ4n) is 2.20. The zero-order valence-electron chi connectivity index (χ0n) is 13.0. The van der Waals surface area contributed by atoms with Crippen LogP contribution in [0.1, 0.15) is 18.1 Å². The molecule has 3 aromatic rings. The smallest absolute Gasteiger partial charge is 0.322 e. The van der Waals surface area contributed by atoms with Gasteiger partial charge in [0.1, 0.15) is 5.69 Å². The first kappa shape index (κ1) is 15.0. The van der Waals surface area contributed by atoms with E-state index in [-0.39, 0.29) is 18.3 Å². The van der Waals surface area contributed by atoms with Crippen LogP contribution in [-0.4, -0.2) is 25.9 Å². The summed E-state index contributed by atoms with van der Waals surface area (Å²) in [5.41, 5.74) is 2.87. The Kier molecular flexibility index (Phi) is 4.18. The van der Waals surface area contributed by atoms with Gasteiger partial charge in [-0.15, -0.1) is 5.10 Å².